The summed E-state index contributed by atoms with van der Waals surface area (Å²) in [4.78, 5) is 63.3. The van der Waals surface area contributed by atoms with Crippen molar-refractivity contribution in [3.8, 4) is 17.2 Å². The first-order chi connectivity index (χ1) is 19.9. The van der Waals surface area contributed by atoms with E-state index in [0.29, 0.717) is 0 Å². The molecule has 0 saturated carbocycles. The predicted octanol–water partition coefficient (Wildman–Crippen LogP) is -0.628. The molecule has 2 atom stereocenters. The molecule has 0 fully saturated rings. The van der Waals surface area contributed by atoms with Gasteiger partial charge < -0.3 is 30.3 Å². The minimum atomic E-state index is -2.18. The van der Waals surface area contributed by atoms with E-state index >= 15 is 0 Å². The Morgan fingerprint density at radius 1 is 1.07 bits per heavy atom. The first kappa shape index (κ1) is 28.6. The highest BCUT2D eigenvalue weighted by Gasteiger charge is 2.47. The van der Waals surface area contributed by atoms with Crippen LogP contribution in [0.3, 0.4) is 0 Å². The largest absolute Gasteiger partial charge is 0.507 e. The minimum absolute atomic E-state index is 0.0733. The fraction of sp³-hybridized carbons (Fsp3) is 0.286. The van der Waals surface area contributed by atoms with Crippen LogP contribution in [0.1, 0.15) is 61.9 Å². The zero-order valence-electron chi connectivity index (χ0n) is 22.1. The monoisotopic (exact) mass is 579 g/mol. The molecule has 2 aromatic rings. The summed E-state index contributed by atoms with van der Waals surface area (Å²) in [6, 6.07) is 4.28. The van der Waals surface area contributed by atoms with Crippen LogP contribution >= 0.6 is 0 Å². The summed E-state index contributed by atoms with van der Waals surface area (Å²) in [6.45, 7) is -1.15. The topological polar surface area (TPSA) is 223 Å². The van der Waals surface area contributed by atoms with Crippen molar-refractivity contribution in [1.29, 1.82) is 0 Å². The lowest BCUT2D eigenvalue weighted by molar-refractivity contribution is -0.137. The van der Waals surface area contributed by atoms with E-state index in [-0.39, 0.29) is 41.0 Å². The third-order valence-electron chi connectivity index (χ3n) is 7.56. The van der Waals surface area contributed by atoms with Crippen LogP contribution in [0.15, 0.2) is 35.5 Å². The third-order valence-corrected chi connectivity index (χ3v) is 7.56. The van der Waals surface area contributed by atoms with Crippen molar-refractivity contribution in [2.24, 2.45) is 5.10 Å². The number of phenols is 2. The van der Waals surface area contributed by atoms with Gasteiger partial charge in [-0.05, 0) is 6.07 Å². The Labute approximate surface area is 237 Å². The Hall–Kier alpha value is -4.92. The van der Waals surface area contributed by atoms with Gasteiger partial charge in [-0.3, -0.25) is 28.9 Å². The number of carbonyl (C=O) groups is 5. The molecule has 2 aromatic carbocycles. The van der Waals surface area contributed by atoms with E-state index in [0.717, 1.165) is 17.1 Å². The summed E-state index contributed by atoms with van der Waals surface area (Å²) in [5.41, 5.74) is -2.28. The fourth-order valence-corrected chi connectivity index (χ4v) is 5.50. The van der Waals surface area contributed by atoms with Gasteiger partial charge in [-0.25, -0.2) is 5.43 Å². The molecule has 2 aliphatic carbocycles. The molecule has 218 valence electrons. The van der Waals surface area contributed by atoms with Crippen LogP contribution < -0.4 is 10.2 Å². The van der Waals surface area contributed by atoms with Gasteiger partial charge in [0.2, 0.25) is 11.7 Å². The summed E-state index contributed by atoms with van der Waals surface area (Å²) < 4.78 is 5.21. The van der Waals surface area contributed by atoms with Crippen LogP contribution in [0.25, 0.3) is 0 Å². The molecule has 14 heteroatoms. The molecular weight excluding hydrogens is 554 g/mol. The molecule has 0 bridgehead atoms. The Kier molecular flexibility index (Phi) is 7.14. The highest BCUT2D eigenvalue weighted by atomic mass is 16.5. The maximum Gasteiger partial charge on any atom is 0.253 e. The van der Waals surface area contributed by atoms with Gasteiger partial charge in [-0.1, -0.05) is 12.1 Å². The van der Waals surface area contributed by atoms with Crippen molar-refractivity contribution in [3.63, 3.8) is 0 Å². The smallest absolute Gasteiger partial charge is 0.253 e. The number of aromatic hydroxyl groups is 2. The highest BCUT2D eigenvalue weighted by molar-refractivity contribution is 6.31. The van der Waals surface area contributed by atoms with Crippen LogP contribution in [0.2, 0.25) is 0 Å². The van der Waals surface area contributed by atoms with Crippen molar-refractivity contribution in [2.75, 3.05) is 20.3 Å². The van der Waals surface area contributed by atoms with Gasteiger partial charge >= 0.3 is 0 Å². The van der Waals surface area contributed by atoms with E-state index in [4.69, 9.17) is 4.74 Å². The van der Waals surface area contributed by atoms with Crippen molar-refractivity contribution in [3.05, 3.63) is 63.7 Å². The van der Waals surface area contributed by atoms with Crippen molar-refractivity contribution in [1.82, 2.24) is 10.3 Å². The van der Waals surface area contributed by atoms with Gasteiger partial charge in [-0.15, -0.1) is 0 Å². The highest BCUT2D eigenvalue weighted by Crippen LogP contribution is 2.51. The molecule has 6 N–H and O–H groups in total. The normalized spacial score (nSPS) is 21.3. The average Bonchev–Trinajstić information content (AvgIpc) is 3.28. The number of hydrazone groups is 1. The first-order valence-corrected chi connectivity index (χ1v) is 12.7. The van der Waals surface area contributed by atoms with Gasteiger partial charge in [0, 0.05) is 54.6 Å². The maximum absolute atomic E-state index is 13.4. The molecule has 3 aliphatic rings. The second-order valence-electron chi connectivity index (χ2n) is 9.97. The molecule has 0 unspecified atom stereocenters. The van der Waals surface area contributed by atoms with Gasteiger partial charge in [-0.2, -0.15) is 5.10 Å². The summed E-state index contributed by atoms with van der Waals surface area (Å²) in [6.07, 6.45) is -1.07. The predicted molar refractivity (Wildman–Crippen MR) is 141 cm³/mol. The number of benzene rings is 2. The number of ether oxygens (including phenoxy) is 1. The van der Waals surface area contributed by atoms with Crippen molar-refractivity contribution in [2.45, 2.75) is 31.0 Å². The quantitative estimate of drug-likeness (QED) is 0.0895. The lowest BCUT2D eigenvalue weighted by Crippen LogP contribution is -2.48. The average molecular weight is 580 g/mol. The van der Waals surface area contributed by atoms with Crippen molar-refractivity contribution < 1.29 is 54.2 Å². The van der Waals surface area contributed by atoms with Crippen LogP contribution in [-0.2, 0) is 20.8 Å². The summed E-state index contributed by atoms with van der Waals surface area (Å²) >= 11 is 0. The number of aliphatic hydroxyl groups is 3. The SMILES string of the molecule is COc1cccc2c1C(=O)c1c(O)c3c(c(O)c1C2=O)C[C@@](O)(/C(CO)=N/NC(=O)CCN1C(=O)C=CC1=O)C[C@@H]3O. The van der Waals surface area contributed by atoms with E-state index < -0.39 is 88.8 Å². The maximum atomic E-state index is 13.4. The van der Waals surface area contributed by atoms with Crippen LogP contribution in [0.5, 0.6) is 17.2 Å². The molecule has 5 rings (SSSR count). The Balaban J connectivity index is 1.46. The number of nitrogens with zero attached hydrogens (tertiary/aromatic N) is 2. The molecule has 1 heterocycles. The lowest BCUT2D eigenvalue weighted by Gasteiger charge is -2.38. The first-order valence-electron chi connectivity index (χ1n) is 12.7. The zero-order valence-corrected chi connectivity index (χ0v) is 22.1. The van der Waals surface area contributed by atoms with Crippen molar-refractivity contribution >= 4 is 35.0 Å². The fourth-order valence-electron chi connectivity index (χ4n) is 5.50. The number of ketones is 2. The number of rotatable bonds is 7. The Bertz CT molecular complexity index is 1630. The number of hydrogen-bond donors (Lipinski definition) is 6. The molecule has 0 radical (unpaired) electrons. The molecule has 0 spiro atoms. The molecule has 1 aliphatic heterocycles. The van der Waals surface area contributed by atoms with Crippen LogP contribution in [0, 0.1) is 0 Å². The minimum Gasteiger partial charge on any atom is -0.507 e. The number of imide groups is 1. The van der Waals surface area contributed by atoms with E-state index in [1.807, 2.05) is 0 Å². The van der Waals surface area contributed by atoms with E-state index in [1.54, 1.807) is 0 Å². The third kappa shape index (κ3) is 4.41. The number of aliphatic hydroxyl groups excluding tert-OH is 2. The number of methoxy groups -OCH3 is 1. The molecule has 14 nitrogen and oxygen atoms in total. The summed E-state index contributed by atoms with van der Waals surface area (Å²) in [5.74, 6) is -4.96. The molecule has 42 heavy (non-hydrogen) atoms. The van der Waals surface area contributed by atoms with Crippen LogP contribution in [0.4, 0.5) is 0 Å². The van der Waals surface area contributed by atoms with Gasteiger partial charge in [0.05, 0.1) is 42.2 Å². The zero-order chi connectivity index (χ0) is 30.5. The van der Waals surface area contributed by atoms with E-state index in [2.05, 4.69) is 10.5 Å². The van der Waals surface area contributed by atoms with Gasteiger partial charge in [0.15, 0.2) is 5.78 Å². The number of nitrogens with one attached hydrogen (secondary N) is 1. The number of amides is 3. The number of phenolic OH excluding ortho intramolecular Hbond substituents is 2. The second-order valence-corrected chi connectivity index (χ2v) is 9.97. The van der Waals surface area contributed by atoms with E-state index in [1.165, 1.54) is 25.3 Å². The van der Waals surface area contributed by atoms with Gasteiger partial charge in [0.1, 0.15) is 22.8 Å². The summed E-state index contributed by atoms with van der Waals surface area (Å²) in [7, 11) is 1.30. The number of hydrogen-bond acceptors (Lipinski definition) is 12. The molecular formula is C28H25N3O11. The Morgan fingerprint density at radius 2 is 1.74 bits per heavy atom. The molecule has 0 saturated heterocycles. The second kappa shape index (κ2) is 10.5. The van der Waals surface area contributed by atoms with Crippen LogP contribution in [-0.4, -0.2) is 91.3 Å². The standard InChI is InChI=1S/C28H25N3O11/c1-42-15-4-2-3-12-21(15)27(40)23-22(24(12)37)25(38)13-9-28(41,10-14(33)20(13)26(23)39)16(11-32)29-30-17(34)7-8-31-18(35)5-6-19(31)36/h2-6,14,32-33,38-39,41H,7-11H2,1H3,(H,30,34)/b29-16+/t14-,28-/m0/s1. The number of carbonyl (C=O) groups excluding carboxylic acids is 5. The molecule has 3 amide bonds. The Morgan fingerprint density at radius 3 is 2.38 bits per heavy atom. The lowest BCUT2D eigenvalue weighted by atomic mass is 9.71. The number of fused-ring (bicyclic) bond motifs is 3. The van der Waals surface area contributed by atoms with Gasteiger partial charge in [0.25, 0.3) is 11.8 Å². The summed E-state index contributed by atoms with van der Waals surface area (Å²) in [5, 5.41) is 58.5. The molecule has 0 aromatic heterocycles. The van der Waals surface area contributed by atoms with E-state index in [9.17, 15) is 49.5 Å².